The smallest absolute Gasteiger partial charge is 0.354 e. The number of rotatable bonds is 6. The van der Waals surface area contributed by atoms with Crippen LogP contribution in [-0.2, 0) is 11.0 Å². The molecule has 2 aliphatic carbocycles. The molecule has 2 aliphatic rings. The van der Waals surface area contributed by atoms with Gasteiger partial charge in [0.1, 0.15) is 6.04 Å². The van der Waals surface area contributed by atoms with Crippen LogP contribution in [0.25, 0.3) is 0 Å². The molecule has 7 heteroatoms. The van der Waals surface area contributed by atoms with E-state index in [-0.39, 0.29) is 11.8 Å². The first kappa shape index (κ1) is 18.0. The third-order valence-electron chi connectivity index (χ3n) is 4.93. The number of carbonyl (C=O) groups excluding carboxylic acids is 1. The van der Waals surface area contributed by atoms with Crippen LogP contribution in [0.2, 0.25) is 0 Å². The molecule has 3 rings (SSSR count). The van der Waals surface area contributed by atoms with Gasteiger partial charge in [-0.2, -0.15) is 18.3 Å². The third kappa shape index (κ3) is 4.44. The van der Waals surface area contributed by atoms with Gasteiger partial charge < -0.3 is 5.32 Å². The van der Waals surface area contributed by atoms with Gasteiger partial charge in [0.2, 0.25) is 5.91 Å². The molecular formula is C18H24F3N3O. The Morgan fingerprint density at radius 3 is 2.76 bits per heavy atom. The molecule has 1 amide bonds. The van der Waals surface area contributed by atoms with Crippen molar-refractivity contribution in [3.8, 4) is 0 Å². The molecule has 0 unspecified atom stereocenters. The highest BCUT2D eigenvalue weighted by Gasteiger charge is 2.39. The minimum absolute atomic E-state index is 0.0891. The van der Waals surface area contributed by atoms with E-state index in [0.29, 0.717) is 12.2 Å². The minimum atomic E-state index is -4.49. The molecule has 1 fully saturated rings. The van der Waals surface area contributed by atoms with Gasteiger partial charge in [-0.1, -0.05) is 11.6 Å². The zero-order valence-corrected chi connectivity index (χ0v) is 14.4. The average Bonchev–Trinajstić information content (AvgIpc) is 3.32. The monoisotopic (exact) mass is 355 g/mol. The number of carbonyl (C=O) groups is 1. The lowest BCUT2D eigenvalue weighted by atomic mass is 9.97. The molecule has 0 spiro atoms. The second-order valence-electron chi connectivity index (χ2n) is 7.00. The van der Waals surface area contributed by atoms with Crippen molar-refractivity contribution in [2.75, 3.05) is 6.54 Å². The van der Waals surface area contributed by atoms with Crippen molar-refractivity contribution in [2.24, 2.45) is 0 Å². The van der Waals surface area contributed by atoms with Crippen molar-refractivity contribution >= 4 is 5.91 Å². The maximum atomic E-state index is 13.0. The maximum absolute atomic E-state index is 13.0. The fourth-order valence-corrected chi connectivity index (χ4v) is 3.28. The summed E-state index contributed by atoms with van der Waals surface area (Å²) in [4.78, 5) is 12.4. The summed E-state index contributed by atoms with van der Waals surface area (Å²) in [5.74, 6) is -0.193. The Morgan fingerprint density at radius 1 is 1.40 bits per heavy atom. The first-order valence-electron chi connectivity index (χ1n) is 8.98. The highest BCUT2D eigenvalue weighted by atomic mass is 19.4. The Labute approximate surface area is 145 Å². The molecule has 138 valence electrons. The van der Waals surface area contributed by atoms with Gasteiger partial charge in [-0.3, -0.25) is 9.48 Å². The summed E-state index contributed by atoms with van der Waals surface area (Å²) in [5, 5.41) is 6.52. The molecule has 1 aromatic heterocycles. The van der Waals surface area contributed by atoms with E-state index in [1.54, 1.807) is 6.92 Å². The molecule has 0 aliphatic heterocycles. The van der Waals surface area contributed by atoms with E-state index in [4.69, 9.17) is 0 Å². The molecule has 0 aromatic carbocycles. The number of aromatic nitrogens is 2. The van der Waals surface area contributed by atoms with Crippen molar-refractivity contribution in [1.82, 2.24) is 15.1 Å². The number of allylic oxidation sites excluding steroid dienone is 1. The van der Waals surface area contributed by atoms with Gasteiger partial charge >= 0.3 is 6.18 Å². The van der Waals surface area contributed by atoms with Gasteiger partial charge in [0.25, 0.3) is 0 Å². The molecule has 4 nitrogen and oxygen atoms in total. The Morgan fingerprint density at radius 2 is 2.16 bits per heavy atom. The minimum Gasteiger partial charge on any atom is -0.354 e. The van der Waals surface area contributed by atoms with Crippen LogP contribution in [0, 0.1) is 0 Å². The standard InChI is InChI=1S/C18H24F3N3O/c1-12(17(25)22-10-9-13-5-3-2-4-6-13)24-15(14-7-8-14)11-16(23-24)18(19,20)21/h5,11-12,14H,2-4,6-10H2,1H3,(H,22,25)/t12-/m0/s1. The summed E-state index contributed by atoms with van der Waals surface area (Å²) >= 11 is 0. The van der Waals surface area contributed by atoms with Gasteiger partial charge in [-0.05, 0) is 57.9 Å². The molecule has 0 saturated heterocycles. The van der Waals surface area contributed by atoms with Crippen LogP contribution in [-0.4, -0.2) is 22.2 Å². The van der Waals surface area contributed by atoms with Crippen LogP contribution in [0.4, 0.5) is 13.2 Å². The van der Waals surface area contributed by atoms with Gasteiger partial charge in [0.15, 0.2) is 5.69 Å². The van der Waals surface area contributed by atoms with E-state index >= 15 is 0 Å². The third-order valence-corrected chi connectivity index (χ3v) is 4.93. The number of hydrogen-bond donors (Lipinski definition) is 1. The average molecular weight is 355 g/mol. The zero-order chi connectivity index (χ0) is 18.0. The van der Waals surface area contributed by atoms with Crippen molar-refractivity contribution in [2.45, 2.75) is 70.0 Å². The van der Waals surface area contributed by atoms with Crippen molar-refractivity contribution < 1.29 is 18.0 Å². The second kappa shape index (κ2) is 7.22. The lowest BCUT2D eigenvalue weighted by Crippen LogP contribution is -2.33. The summed E-state index contributed by atoms with van der Waals surface area (Å²) in [6, 6.07) is 0.348. The lowest BCUT2D eigenvalue weighted by Gasteiger charge is -2.17. The summed E-state index contributed by atoms with van der Waals surface area (Å²) < 4.78 is 40.1. The first-order chi connectivity index (χ1) is 11.9. The van der Waals surface area contributed by atoms with Crippen molar-refractivity contribution in [3.05, 3.63) is 29.1 Å². The van der Waals surface area contributed by atoms with E-state index in [2.05, 4.69) is 16.5 Å². The SMILES string of the molecule is C[C@@H](C(=O)NCCC1=CCCCC1)n1nc(C(F)(F)F)cc1C1CC1. The summed E-state index contributed by atoms with van der Waals surface area (Å²) in [5.41, 5.74) is 0.961. The van der Waals surface area contributed by atoms with Crippen LogP contribution >= 0.6 is 0 Å². The fraction of sp³-hybridized carbons (Fsp3) is 0.667. The van der Waals surface area contributed by atoms with Crippen LogP contribution in [0.15, 0.2) is 17.7 Å². The number of amides is 1. The summed E-state index contributed by atoms with van der Waals surface area (Å²) in [6.07, 6.45) is 4.83. The number of halogens is 3. The predicted molar refractivity (Wildman–Crippen MR) is 88.1 cm³/mol. The van der Waals surface area contributed by atoms with E-state index in [1.807, 2.05) is 0 Å². The van der Waals surface area contributed by atoms with Crippen LogP contribution in [0.3, 0.4) is 0 Å². The summed E-state index contributed by atoms with van der Waals surface area (Å²) in [7, 11) is 0. The van der Waals surface area contributed by atoms with Crippen LogP contribution in [0.1, 0.15) is 75.2 Å². The second-order valence-corrected chi connectivity index (χ2v) is 7.00. The lowest BCUT2D eigenvalue weighted by molar-refractivity contribution is -0.142. The fourth-order valence-electron chi connectivity index (χ4n) is 3.28. The van der Waals surface area contributed by atoms with Gasteiger partial charge in [0, 0.05) is 18.2 Å². The summed E-state index contributed by atoms with van der Waals surface area (Å²) in [6.45, 7) is 2.12. The number of nitrogens with one attached hydrogen (secondary N) is 1. The maximum Gasteiger partial charge on any atom is 0.435 e. The Kier molecular flexibility index (Phi) is 5.20. The quantitative estimate of drug-likeness (QED) is 0.771. The molecule has 1 heterocycles. The molecule has 0 bridgehead atoms. The highest BCUT2D eigenvalue weighted by Crippen LogP contribution is 2.42. The number of hydrogen-bond acceptors (Lipinski definition) is 2. The predicted octanol–water partition coefficient (Wildman–Crippen LogP) is 4.35. The van der Waals surface area contributed by atoms with Gasteiger partial charge in [0.05, 0.1) is 0 Å². The molecule has 0 radical (unpaired) electrons. The van der Waals surface area contributed by atoms with Gasteiger partial charge in [-0.25, -0.2) is 0 Å². The zero-order valence-electron chi connectivity index (χ0n) is 14.4. The topological polar surface area (TPSA) is 46.9 Å². The normalized spacial score (nSPS) is 19.4. The molecule has 1 N–H and O–H groups in total. The molecule has 1 saturated carbocycles. The highest BCUT2D eigenvalue weighted by molar-refractivity contribution is 5.79. The van der Waals surface area contributed by atoms with E-state index < -0.39 is 17.9 Å². The molecule has 1 aromatic rings. The van der Waals surface area contributed by atoms with Gasteiger partial charge in [-0.15, -0.1) is 0 Å². The van der Waals surface area contributed by atoms with E-state index in [9.17, 15) is 18.0 Å². The Bertz CT molecular complexity index is 659. The van der Waals surface area contributed by atoms with E-state index in [1.165, 1.54) is 23.1 Å². The van der Waals surface area contributed by atoms with Crippen LogP contribution < -0.4 is 5.32 Å². The molecule has 1 atom stereocenters. The Balaban J connectivity index is 1.63. The van der Waals surface area contributed by atoms with E-state index in [0.717, 1.165) is 38.2 Å². The molecule has 25 heavy (non-hydrogen) atoms. The van der Waals surface area contributed by atoms with Crippen LogP contribution in [0.5, 0.6) is 0 Å². The number of nitrogens with zero attached hydrogens (tertiary/aromatic N) is 2. The van der Waals surface area contributed by atoms with Crippen molar-refractivity contribution in [1.29, 1.82) is 0 Å². The molecular weight excluding hydrogens is 331 g/mol. The largest absolute Gasteiger partial charge is 0.435 e. The van der Waals surface area contributed by atoms with Crippen molar-refractivity contribution in [3.63, 3.8) is 0 Å². The Hall–Kier alpha value is -1.79. The number of alkyl halides is 3. The first-order valence-corrected chi connectivity index (χ1v) is 8.98.